The Morgan fingerprint density at radius 3 is 2.47 bits per heavy atom. The van der Waals surface area contributed by atoms with E-state index in [9.17, 15) is 9.59 Å². The lowest BCUT2D eigenvalue weighted by atomic mass is 9.88. The highest BCUT2D eigenvalue weighted by molar-refractivity contribution is 6.24. The molecular formula is C13H8O2. The molecule has 2 rings (SSSR count). The number of ketones is 2. The van der Waals surface area contributed by atoms with Crippen molar-refractivity contribution >= 4 is 11.6 Å². The number of Topliss-reactive ketones (excluding diaryl/α,β-unsaturated/α-hetero) is 1. The van der Waals surface area contributed by atoms with Gasteiger partial charge in [-0.25, -0.2) is 0 Å². The standard InChI is InChI=1S/C13H8O2/c1-2-5-9-8-12(14)10-6-3-4-7-11(10)13(9)15/h1,3-4,6-8H,5H2. The van der Waals surface area contributed by atoms with Gasteiger partial charge in [-0.3, -0.25) is 9.59 Å². The van der Waals surface area contributed by atoms with E-state index in [0.717, 1.165) is 0 Å². The van der Waals surface area contributed by atoms with Gasteiger partial charge < -0.3 is 0 Å². The Morgan fingerprint density at radius 1 is 1.13 bits per heavy atom. The molecule has 1 aliphatic carbocycles. The molecule has 0 saturated heterocycles. The quantitative estimate of drug-likeness (QED) is 0.644. The highest BCUT2D eigenvalue weighted by Crippen LogP contribution is 2.22. The first-order chi connectivity index (χ1) is 7.24. The van der Waals surface area contributed by atoms with Crippen molar-refractivity contribution in [1.29, 1.82) is 0 Å². The van der Waals surface area contributed by atoms with E-state index < -0.39 is 0 Å². The summed E-state index contributed by atoms with van der Waals surface area (Å²) in [5.74, 6) is 2.10. The molecule has 1 aromatic carbocycles. The zero-order chi connectivity index (χ0) is 10.8. The van der Waals surface area contributed by atoms with E-state index in [1.807, 2.05) is 0 Å². The molecule has 0 aromatic heterocycles. The van der Waals surface area contributed by atoms with E-state index in [1.165, 1.54) is 6.08 Å². The molecule has 0 N–H and O–H groups in total. The summed E-state index contributed by atoms with van der Waals surface area (Å²) >= 11 is 0. The minimum absolute atomic E-state index is 0.136. The third-order valence-electron chi connectivity index (χ3n) is 2.33. The Balaban J connectivity index is 2.55. The molecule has 0 aliphatic heterocycles. The van der Waals surface area contributed by atoms with Crippen molar-refractivity contribution in [2.45, 2.75) is 6.42 Å². The third-order valence-corrected chi connectivity index (χ3v) is 2.33. The molecule has 15 heavy (non-hydrogen) atoms. The van der Waals surface area contributed by atoms with Crippen molar-refractivity contribution in [1.82, 2.24) is 0 Å². The van der Waals surface area contributed by atoms with Crippen molar-refractivity contribution in [3.63, 3.8) is 0 Å². The predicted molar refractivity (Wildman–Crippen MR) is 56.6 cm³/mol. The molecule has 0 unspecified atom stereocenters. The molecule has 0 spiro atoms. The van der Waals surface area contributed by atoms with Crippen LogP contribution in [-0.4, -0.2) is 11.6 Å². The molecule has 1 aliphatic rings. The SMILES string of the molecule is C#CCC1=CC(=O)c2ccccc2C1=O. The molecule has 72 valence electrons. The average molecular weight is 196 g/mol. The molecule has 0 heterocycles. The first-order valence-electron chi connectivity index (χ1n) is 4.56. The Hall–Kier alpha value is -2.14. The minimum Gasteiger partial charge on any atom is -0.289 e. The molecule has 2 heteroatoms. The average Bonchev–Trinajstić information content (AvgIpc) is 2.26. The summed E-state index contributed by atoms with van der Waals surface area (Å²) in [6.07, 6.45) is 6.68. The summed E-state index contributed by atoms with van der Waals surface area (Å²) in [5.41, 5.74) is 1.32. The summed E-state index contributed by atoms with van der Waals surface area (Å²) in [7, 11) is 0. The smallest absolute Gasteiger partial charge is 0.190 e. The zero-order valence-electron chi connectivity index (χ0n) is 7.99. The van der Waals surface area contributed by atoms with E-state index in [1.54, 1.807) is 24.3 Å². The van der Waals surface area contributed by atoms with Gasteiger partial charge in [-0.05, 0) is 6.08 Å². The fraction of sp³-hybridized carbons (Fsp3) is 0.0769. The lowest BCUT2D eigenvalue weighted by Gasteiger charge is -2.12. The first-order valence-corrected chi connectivity index (χ1v) is 4.56. The van der Waals surface area contributed by atoms with Gasteiger partial charge in [0.25, 0.3) is 0 Å². The van der Waals surface area contributed by atoms with Gasteiger partial charge in [0.15, 0.2) is 11.6 Å². The molecule has 2 nitrogen and oxygen atoms in total. The van der Waals surface area contributed by atoms with E-state index in [4.69, 9.17) is 6.42 Å². The molecule has 0 saturated carbocycles. The van der Waals surface area contributed by atoms with Gasteiger partial charge in [-0.1, -0.05) is 24.3 Å². The summed E-state index contributed by atoms with van der Waals surface area (Å²) in [6, 6.07) is 6.78. The third kappa shape index (κ3) is 1.49. The fourth-order valence-corrected chi connectivity index (χ4v) is 1.61. The van der Waals surface area contributed by atoms with Crippen LogP contribution in [0.15, 0.2) is 35.9 Å². The normalized spacial score (nSPS) is 14.2. The van der Waals surface area contributed by atoms with Gasteiger partial charge in [-0.15, -0.1) is 12.3 Å². The van der Waals surface area contributed by atoms with Crippen LogP contribution < -0.4 is 0 Å². The number of terminal acetylenes is 1. The van der Waals surface area contributed by atoms with Crippen molar-refractivity contribution in [3.8, 4) is 12.3 Å². The largest absolute Gasteiger partial charge is 0.289 e. The van der Waals surface area contributed by atoms with Crippen molar-refractivity contribution in [2.24, 2.45) is 0 Å². The minimum atomic E-state index is -0.143. The Bertz CT molecular complexity index is 516. The maximum absolute atomic E-state index is 11.8. The molecular weight excluding hydrogens is 188 g/mol. The van der Waals surface area contributed by atoms with Crippen LogP contribution in [-0.2, 0) is 0 Å². The predicted octanol–water partition coefficient (Wildman–Crippen LogP) is 2.02. The van der Waals surface area contributed by atoms with E-state index in [0.29, 0.717) is 16.7 Å². The first kappa shape index (κ1) is 9.42. The van der Waals surface area contributed by atoms with Crippen LogP contribution in [0.1, 0.15) is 27.1 Å². The van der Waals surface area contributed by atoms with Crippen LogP contribution in [0.4, 0.5) is 0 Å². The summed E-state index contributed by atoms with van der Waals surface area (Å²) < 4.78 is 0. The highest BCUT2D eigenvalue weighted by atomic mass is 16.1. The van der Waals surface area contributed by atoms with Crippen molar-refractivity contribution in [2.75, 3.05) is 0 Å². The number of benzene rings is 1. The van der Waals surface area contributed by atoms with Crippen LogP contribution in [0.25, 0.3) is 0 Å². The van der Waals surface area contributed by atoms with Crippen LogP contribution >= 0.6 is 0 Å². The number of allylic oxidation sites excluding steroid dienone is 2. The van der Waals surface area contributed by atoms with Crippen LogP contribution in [0.3, 0.4) is 0 Å². The van der Waals surface area contributed by atoms with Crippen molar-refractivity contribution in [3.05, 3.63) is 47.0 Å². The molecule has 0 fully saturated rings. The number of carbonyl (C=O) groups excluding carboxylic acids is 2. The second kappa shape index (κ2) is 3.55. The van der Waals surface area contributed by atoms with Gasteiger partial charge in [0, 0.05) is 23.1 Å². The second-order valence-corrected chi connectivity index (χ2v) is 3.29. The van der Waals surface area contributed by atoms with Gasteiger partial charge >= 0.3 is 0 Å². The maximum atomic E-state index is 11.8. The van der Waals surface area contributed by atoms with Gasteiger partial charge in [0.1, 0.15) is 0 Å². The highest BCUT2D eigenvalue weighted by Gasteiger charge is 2.23. The number of hydrogen-bond acceptors (Lipinski definition) is 2. The second-order valence-electron chi connectivity index (χ2n) is 3.29. The number of hydrogen-bond donors (Lipinski definition) is 0. The summed E-state index contributed by atoms with van der Waals surface area (Å²) in [4.78, 5) is 23.5. The number of fused-ring (bicyclic) bond motifs is 1. The number of carbonyl (C=O) groups is 2. The van der Waals surface area contributed by atoms with Crippen LogP contribution in [0, 0.1) is 12.3 Å². The molecule has 1 aromatic rings. The van der Waals surface area contributed by atoms with Crippen molar-refractivity contribution < 1.29 is 9.59 Å². The van der Waals surface area contributed by atoms with Gasteiger partial charge in [0.05, 0.1) is 0 Å². The topological polar surface area (TPSA) is 34.1 Å². The summed E-state index contributed by atoms with van der Waals surface area (Å²) in [5, 5.41) is 0. The Morgan fingerprint density at radius 2 is 1.80 bits per heavy atom. The lowest BCUT2D eigenvalue weighted by molar-refractivity contribution is 0.0983. The Kier molecular flexibility index (Phi) is 2.23. The van der Waals surface area contributed by atoms with E-state index >= 15 is 0 Å². The maximum Gasteiger partial charge on any atom is 0.190 e. The molecule has 0 radical (unpaired) electrons. The summed E-state index contributed by atoms with van der Waals surface area (Å²) in [6.45, 7) is 0. The zero-order valence-corrected chi connectivity index (χ0v) is 7.99. The Labute approximate surface area is 87.6 Å². The molecule has 0 atom stereocenters. The van der Waals surface area contributed by atoms with Crippen LogP contribution in [0.2, 0.25) is 0 Å². The lowest BCUT2D eigenvalue weighted by Crippen LogP contribution is -2.16. The monoisotopic (exact) mass is 196 g/mol. The number of rotatable bonds is 1. The van der Waals surface area contributed by atoms with Gasteiger partial charge in [0.2, 0.25) is 0 Å². The van der Waals surface area contributed by atoms with Crippen LogP contribution in [0.5, 0.6) is 0 Å². The molecule has 0 amide bonds. The van der Waals surface area contributed by atoms with E-state index in [2.05, 4.69) is 5.92 Å². The fourth-order valence-electron chi connectivity index (χ4n) is 1.61. The van der Waals surface area contributed by atoms with E-state index in [-0.39, 0.29) is 18.0 Å². The van der Waals surface area contributed by atoms with Gasteiger partial charge in [-0.2, -0.15) is 0 Å². The molecule has 0 bridgehead atoms.